The van der Waals surface area contributed by atoms with Gasteiger partial charge in [0.1, 0.15) is 11.9 Å². The summed E-state index contributed by atoms with van der Waals surface area (Å²) in [4.78, 5) is 36.0. The van der Waals surface area contributed by atoms with Crippen molar-refractivity contribution in [3.63, 3.8) is 0 Å². The van der Waals surface area contributed by atoms with Crippen molar-refractivity contribution in [3.05, 3.63) is 29.6 Å². The molecule has 1 fully saturated rings. The van der Waals surface area contributed by atoms with Gasteiger partial charge in [0.15, 0.2) is 0 Å². The van der Waals surface area contributed by atoms with Gasteiger partial charge in [-0.25, -0.2) is 4.39 Å². The molecule has 0 bridgehead atoms. The van der Waals surface area contributed by atoms with Crippen LogP contribution < -0.4 is 11.1 Å². The zero-order valence-electron chi connectivity index (χ0n) is 11.0. The summed E-state index contributed by atoms with van der Waals surface area (Å²) >= 11 is 0. The molecule has 0 aliphatic carbocycles. The van der Waals surface area contributed by atoms with Gasteiger partial charge in [-0.2, -0.15) is 0 Å². The van der Waals surface area contributed by atoms with Crippen molar-refractivity contribution in [1.82, 2.24) is 10.2 Å². The summed E-state index contributed by atoms with van der Waals surface area (Å²) < 4.78 is 13.4. The van der Waals surface area contributed by atoms with Crippen LogP contribution in [0.15, 0.2) is 18.2 Å². The van der Waals surface area contributed by atoms with Crippen molar-refractivity contribution in [2.24, 2.45) is 0 Å². The Labute approximate surface area is 119 Å². The molecule has 0 aromatic heterocycles. The van der Waals surface area contributed by atoms with E-state index in [-0.39, 0.29) is 24.3 Å². The van der Waals surface area contributed by atoms with Crippen molar-refractivity contribution in [3.8, 4) is 0 Å². The zero-order chi connectivity index (χ0) is 15.6. The molecule has 0 saturated carbocycles. The van der Waals surface area contributed by atoms with Crippen LogP contribution in [0.5, 0.6) is 0 Å². The molecule has 2 amide bonds. The topological polar surface area (TPSA) is 113 Å². The number of amides is 2. The first-order valence-electron chi connectivity index (χ1n) is 6.25. The van der Waals surface area contributed by atoms with E-state index in [4.69, 9.17) is 10.8 Å². The fourth-order valence-corrected chi connectivity index (χ4v) is 2.15. The van der Waals surface area contributed by atoms with Crippen LogP contribution in [0.2, 0.25) is 0 Å². The average Bonchev–Trinajstić information content (AvgIpc) is 2.43. The molecule has 2 rings (SSSR count). The number of carbonyl (C=O) groups is 3. The van der Waals surface area contributed by atoms with E-state index in [1.165, 1.54) is 12.1 Å². The second kappa shape index (κ2) is 5.78. The number of aliphatic carboxylic acids is 1. The molecule has 4 N–H and O–H groups in total. The van der Waals surface area contributed by atoms with Gasteiger partial charge in [0, 0.05) is 18.7 Å². The Balaban J connectivity index is 2.27. The van der Waals surface area contributed by atoms with E-state index in [1.54, 1.807) is 0 Å². The van der Waals surface area contributed by atoms with Crippen molar-refractivity contribution in [2.75, 3.05) is 18.8 Å². The number of carboxylic acids is 1. The van der Waals surface area contributed by atoms with E-state index in [1.807, 2.05) is 0 Å². The van der Waals surface area contributed by atoms with Crippen LogP contribution in [0.3, 0.4) is 0 Å². The monoisotopic (exact) mass is 295 g/mol. The lowest BCUT2D eigenvalue weighted by atomic mass is 10.1. The number of carboxylic acid groups (broad SMARTS) is 1. The summed E-state index contributed by atoms with van der Waals surface area (Å²) in [6.07, 6.45) is -0.505. The fraction of sp³-hybridized carbons (Fsp3) is 0.308. The van der Waals surface area contributed by atoms with Gasteiger partial charge in [-0.15, -0.1) is 0 Å². The number of carbonyl (C=O) groups excluding carboxylic acids is 2. The standard InChI is InChI=1S/C13H14FN3O4/c14-8-5-7(1-2-9(8)15)13(21)17-4-3-16-12(20)10(17)6-11(18)19/h1-2,5,10H,3-4,6,15H2,(H,16,20)(H,18,19). The lowest BCUT2D eigenvalue weighted by Gasteiger charge is -2.34. The van der Waals surface area contributed by atoms with Gasteiger partial charge >= 0.3 is 5.97 Å². The van der Waals surface area contributed by atoms with Gasteiger partial charge in [-0.1, -0.05) is 0 Å². The summed E-state index contributed by atoms with van der Waals surface area (Å²) in [5, 5.41) is 11.3. The van der Waals surface area contributed by atoms with Crippen LogP contribution in [0.25, 0.3) is 0 Å². The molecule has 1 saturated heterocycles. The third-order valence-electron chi connectivity index (χ3n) is 3.21. The Bertz CT molecular complexity index is 605. The third kappa shape index (κ3) is 3.10. The minimum absolute atomic E-state index is 0.0202. The number of nitrogens with zero attached hydrogens (tertiary/aromatic N) is 1. The van der Waals surface area contributed by atoms with Gasteiger partial charge < -0.3 is 21.1 Å². The molecule has 7 nitrogen and oxygen atoms in total. The molecule has 0 spiro atoms. The van der Waals surface area contributed by atoms with Crippen LogP contribution in [0.1, 0.15) is 16.8 Å². The van der Waals surface area contributed by atoms with E-state index in [0.29, 0.717) is 0 Å². The summed E-state index contributed by atoms with van der Waals surface area (Å²) in [6.45, 7) is 0.382. The molecule has 112 valence electrons. The average molecular weight is 295 g/mol. The number of nitrogen functional groups attached to an aromatic ring is 1. The van der Waals surface area contributed by atoms with Crippen molar-refractivity contribution in [2.45, 2.75) is 12.5 Å². The van der Waals surface area contributed by atoms with Crippen molar-refractivity contribution >= 4 is 23.5 Å². The number of rotatable bonds is 3. The van der Waals surface area contributed by atoms with E-state index in [0.717, 1.165) is 11.0 Å². The van der Waals surface area contributed by atoms with Crippen molar-refractivity contribution < 1.29 is 23.9 Å². The number of hydrogen-bond acceptors (Lipinski definition) is 4. The highest BCUT2D eigenvalue weighted by Gasteiger charge is 2.35. The molecule has 1 atom stereocenters. The molecule has 0 radical (unpaired) electrons. The van der Waals surface area contributed by atoms with E-state index in [9.17, 15) is 18.8 Å². The highest BCUT2D eigenvalue weighted by Crippen LogP contribution is 2.17. The number of halogens is 1. The molecule has 1 aliphatic heterocycles. The quantitative estimate of drug-likeness (QED) is 0.670. The predicted octanol–water partition coefficient (Wildman–Crippen LogP) is -0.177. The molecule has 1 aromatic carbocycles. The Morgan fingerprint density at radius 3 is 2.81 bits per heavy atom. The summed E-state index contributed by atoms with van der Waals surface area (Å²) in [5.74, 6) is -3.07. The smallest absolute Gasteiger partial charge is 0.305 e. The molecular weight excluding hydrogens is 281 g/mol. The Morgan fingerprint density at radius 1 is 1.48 bits per heavy atom. The largest absolute Gasteiger partial charge is 0.481 e. The van der Waals surface area contributed by atoms with Crippen LogP contribution in [-0.2, 0) is 9.59 Å². The maximum Gasteiger partial charge on any atom is 0.305 e. The third-order valence-corrected chi connectivity index (χ3v) is 3.21. The maximum atomic E-state index is 13.4. The SMILES string of the molecule is Nc1ccc(C(=O)N2CCNC(=O)C2CC(=O)O)cc1F. The zero-order valence-corrected chi connectivity index (χ0v) is 11.0. The van der Waals surface area contributed by atoms with Gasteiger partial charge in [0.25, 0.3) is 5.91 Å². The fourth-order valence-electron chi connectivity index (χ4n) is 2.15. The Hall–Kier alpha value is -2.64. The minimum atomic E-state index is -1.20. The molecule has 8 heteroatoms. The molecule has 1 aromatic rings. The summed E-state index contributed by atoms with van der Waals surface area (Å²) in [7, 11) is 0. The van der Waals surface area contributed by atoms with E-state index in [2.05, 4.69) is 5.32 Å². The van der Waals surface area contributed by atoms with Crippen LogP contribution >= 0.6 is 0 Å². The van der Waals surface area contributed by atoms with Crippen LogP contribution in [-0.4, -0.2) is 46.9 Å². The Morgan fingerprint density at radius 2 is 2.19 bits per heavy atom. The number of anilines is 1. The second-order valence-electron chi connectivity index (χ2n) is 4.64. The molecule has 1 heterocycles. The van der Waals surface area contributed by atoms with Gasteiger partial charge in [-0.05, 0) is 18.2 Å². The lowest BCUT2D eigenvalue weighted by Crippen LogP contribution is -2.57. The van der Waals surface area contributed by atoms with Crippen molar-refractivity contribution in [1.29, 1.82) is 0 Å². The first kappa shape index (κ1) is 14.8. The first-order chi connectivity index (χ1) is 9.90. The Kier molecular flexibility index (Phi) is 4.06. The summed E-state index contributed by atoms with van der Waals surface area (Å²) in [6, 6.07) is 2.45. The van der Waals surface area contributed by atoms with Gasteiger partial charge in [0.05, 0.1) is 12.1 Å². The highest BCUT2D eigenvalue weighted by atomic mass is 19.1. The summed E-state index contributed by atoms with van der Waals surface area (Å²) in [5.41, 5.74) is 5.27. The molecule has 21 heavy (non-hydrogen) atoms. The predicted molar refractivity (Wildman–Crippen MR) is 70.9 cm³/mol. The van der Waals surface area contributed by atoms with Crippen LogP contribution in [0, 0.1) is 5.82 Å². The minimum Gasteiger partial charge on any atom is -0.481 e. The highest BCUT2D eigenvalue weighted by molar-refractivity contribution is 5.99. The van der Waals surface area contributed by atoms with E-state index >= 15 is 0 Å². The first-order valence-corrected chi connectivity index (χ1v) is 6.25. The molecule has 1 unspecified atom stereocenters. The number of benzene rings is 1. The number of piperazine rings is 1. The maximum absolute atomic E-state index is 13.4. The van der Waals surface area contributed by atoms with Crippen LogP contribution in [0.4, 0.5) is 10.1 Å². The number of nitrogens with one attached hydrogen (secondary N) is 1. The van der Waals surface area contributed by atoms with Gasteiger partial charge in [0.2, 0.25) is 5.91 Å². The molecule has 1 aliphatic rings. The van der Waals surface area contributed by atoms with Gasteiger partial charge in [-0.3, -0.25) is 14.4 Å². The number of hydrogen-bond donors (Lipinski definition) is 3. The normalized spacial score (nSPS) is 18.2. The second-order valence-corrected chi connectivity index (χ2v) is 4.64. The molecular formula is C13H14FN3O4. The lowest BCUT2D eigenvalue weighted by molar-refractivity contribution is -0.142. The number of nitrogens with two attached hydrogens (primary N) is 1. The van der Waals surface area contributed by atoms with E-state index < -0.39 is 36.1 Å².